The summed E-state index contributed by atoms with van der Waals surface area (Å²) in [5.41, 5.74) is 4.83. The third-order valence-electron chi connectivity index (χ3n) is 2.59. The Bertz CT molecular complexity index is 743. The number of anilines is 1. The molecule has 2 aromatic rings. The molecule has 0 atom stereocenters. The van der Waals surface area contributed by atoms with E-state index < -0.39 is 18.0 Å². The number of hydrogen-bond acceptors (Lipinski definition) is 4. The summed E-state index contributed by atoms with van der Waals surface area (Å²) in [6, 6.07) is 7.00. The van der Waals surface area contributed by atoms with Gasteiger partial charge in [0.2, 0.25) is 0 Å². The highest BCUT2D eigenvalue weighted by Crippen LogP contribution is 2.27. The summed E-state index contributed by atoms with van der Waals surface area (Å²) in [6.45, 7) is -0.274. The van der Waals surface area contributed by atoms with Crippen LogP contribution in [0.5, 0.6) is 0 Å². The molecule has 0 aliphatic heterocycles. The Labute approximate surface area is 138 Å². The van der Waals surface area contributed by atoms with E-state index in [4.69, 9.17) is 17.3 Å². The highest BCUT2D eigenvalue weighted by atomic mass is 35.5. The van der Waals surface area contributed by atoms with Crippen molar-refractivity contribution in [3.63, 3.8) is 0 Å². The van der Waals surface area contributed by atoms with Gasteiger partial charge in [-0.1, -0.05) is 16.8 Å². The first kappa shape index (κ1) is 17.6. The highest BCUT2D eigenvalue weighted by Gasteiger charge is 2.33. The minimum absolute atomic E-state index is 0.238. The lowest BCUT2D eigenvalue weighted by atomic mass is 10.3. The fraction of sp³-hybridized carbons (Fsp3) is 0.154. The lowest BCUT2D eigenvalue weighted by Crippen LogP contribution is -2.22. The second kappa shape index (κ2) is 7.21. The maximum Gasteiger partial charge on any atom is 0.437 e. The molecule has 0 unspecified atom stereocenters. The molecule has 0 fully saturated rings. The van der Waals surface area contributed by atoms with Crippen molar-refractivity contribution in [3.05, 3.63) is 47.2 Å². The predicted molar refractivity (Wildman–Crippen MR) is 80.4 cm³/mol. The van der Waals surface area contributed by atoms with Crippen LogP contribution in [0.2, 0.25) is 5.02 Å². The Kier molecular flexibility index (Phi) is 5.29. The molecule has 11 heteroatoms. The van der Waals surface area contributed by atoms with E-state index in [0.29, 0.717) is 10.7 Å². The molecule has 0 radical (unpaired) electrons. The van der Waals surface area contributed by atoms with Crippen LogP contribution in [0.15, 0.2) is 41.7 Å². The Morgan fingerprint density at radius 2 is 2.00 bits per heavy atom. The van der Waals surface area contributed by atoms with Crippen LogP contribution in [-0.2, 0) is 17.6 Å². The maximum absolute atomic E-state index is 12.4. The van der Waals surface area contributed by atoms with Crippen molar-refractivity contribution in [2.45, 2.75) is 12.7 Å². The number of benzene rings is 1. The van der Waals surface area contributed by atoms with Gasteiger partial charge in [0.25, 0.3) is 0 Å². The van der Waals surface area contributed by atoms with Crippen LogP contribution < -0.4 is 11.1 Å². The van der Waals surface area contributed by atoms with Gasteiger partial charge >= 0.3 is 12.3 Å². The Morgan fingerprint density at radius 1 is 1.33 bits per heavy atom. The number of aromatic nitrogens is 2. The number of nitrogens with zero attached hydrogens (tertiary/aromatic N) is 3. The van der Waals surface area contributed by atoms with Gasteiger partial charge in [0.1, 0.15) is 6.54 Å². The Balaban J connectivity index is 1.88. The maximum atomic E-state index is 12.4. The molecular weight excluding hydrogens is 351 g/mol. The molecular formula is C13H11ClF3N5O2. The number of halogens is 4. The second-order valence-electron chi connectivity index (χ2n) is 4.49. The first-order valence-corrected chi connectivity index (χ1v) is 6.78. The monoisotopic (exact) mass is 361 g/mol. The molecule has 24 heavy (non-hydrogen) atoms. The van der Waals surface area contributed by atoms with Gasteiger partial charge in [-0.3, -0.25) is 14.8 Å². The van der Waals surface area contributed by atoms with Gasteiger partial charge in [-0.25, -0.2) is 4.79 Å². The van der Waals surface area contributed by atoms with Gasteiger partial charge in [-0.15, -0.1) is 0 Å². The number of alkyl halides is 3. The fourth-order valence-corrected chi connectivity index (χ4v) is 1.70. The number of carbonyl (C=O) groups excluding carboxylic acids is 1. The predicted octanol–water partition coefficient (Wildman–Crippen LogP) is 3.08. The normalized spacial score (nSPS) is 12.1. The van der Waals surface area contributed by atoms with Crippen LogP contribution >= 0.6 is 11.6 Å². The summed E-state index contributed by atoms with van der Waals surface area (Å²) in [6.07, 6.45) is -4.39. The van der Waals surface area contributed by atoms with Crippen molar-refractivity contribution in [1.82, 2.24) is 9.78 Å². The van der Waals surface area contributed by atoms with Crippen LogP contribution in [0, 0.1) is 0 Å². The third-order valence-corrected chi connectivity index (χ3v) is 2.84. The number of nitrogens with two attached hydrogens (primary N) is 1. The number of rotatable bonds is 4. The van der Waals surface area contributed by atoms with E-state index in [1.807, 2.05) is 0 Å². The van der Waals surface area contributed by atoms with Gasteiger partial charge in [0.15, 0.2) is 11.5 Å². The van der Waals surface area contributed by atoms with Crippen LogP contribution in [0.25, 0.3) is 0 Å². The van der Waals surface area contributed by atoms with Gasteiger partial charge in [-0.2, -0.15) is 18.3 Å². The zero-order chi connectivity index (χ0) is 17.7. The van der Waals surface area contributed by atoms with Gasteiger partial charge < -0.3 is 5.73 Å². The molecule has 0 bridgehead atoms. The summed E-state index contributed by atoms with van der Waals surface area (Å²) in [4.78, 5) is 16.0. The first-order chi connectivity index (χ1) is 11.2. The summed E-state index contributed by atoms with van der Waals surface area (Å²) >= 11 is 5.70. The van der Waals surface area contributed by atoms with Crippen LogP contribution in [0.4, 0.5) is 23.7 Å². The highest BCUT2D eigenvalue weighted by molar-refractivity contribution is 6.30. The summed E-state index contributed by atoms with van der Waals surface area (Å²) < 4.78 is 38.1. The molecule has 0 saturated carbocycles. The standard InChI is InChI=1S/C13H11ClF3N5O2/c14-8-1-3-9(4-2-8)19-12(23)24-21-11(18)7-22-6-5-10(20-22)13(15,16)17/h1-6H,7H2,(H2,18,21)(H,19,23). The smallest absolute Gasteiger partial charge is 0.383 e. The summed E-state index contributed by atoms with van der Waals surface area (Å²) in [7, 11) is 0. The molecule has 128 valence electrons. The first-order valence-electron chi connectivity index (χ1n) is 6.40. The van der Waals surface area contributed by atoms with E-state index in [1.165, 1.54) is 0 Å². The van der Waals surface area contributed by atoms with Crippen molar-refractivity contribution in [2.75, 3.05) is 5.32 Å². The second-order valence-corrected chi connectivity index (χ2v) is 4.93. The van der Waals surface area contributed by atoms with Crippen molar-refractivity contribution in [1.29, 1.82) is 0 Å². The number of oxime groups is 1. The minimum Gasteiger partial charge on any atom is -0.383 e. The third kappa shape index (κ3) is 5.16. The number of amidine groups is 1. The van der Waals surface area contributed by atoms with Gasteiger partial charge in [0.05, 0.1) is 0 Å². The lowest BCUT2D eigenvalue weighted by molar-refractivity contribution is -0.141. The number of nitrogens with one attached hydrogen (secondary N) is 1. The molecule has 0 saturated heterocycles. The van der Waals surface area contributed by atoms with E-state index in [-0.39, 0.29) is 12.4 Å². The minimum atomic E-state index is -4.55. The van der Waals surface area contributed by atoms with Crippen LogP contribution in [0.1, 0.15) is 5.69 Å². The largest absolute Gasteiger partial charge is 0.437 e. The zero-order valence-corrected chi connectivity index (χ0v) is 12.7. The summed E-state index contributed by atoms with van der Waals surface area (Å²) in [5.74, 6) is -0.238. The molecule has 1 aromatic carbocycles. The van der Waals surface area contributed by atoms with Gasteiger partial charge in [-0.05, 0) is 30.3 Å². The van der Waals surface area contributed by atoms with E-state index >= 15 is 0 Å². The molecule has 2 rings (SSSR count). The number of carbonyl (C=O) groups is 1. The summed E-state index contributed by atoms with van der Waals surface area (Å²) in [5, 5.41) is 9.46. The SMILES string of the molecule is N/C(Cn1ccc(C(F)(F)F)n1)=N/OC(=O)Nc1ccc(Cl)cc1. The van der Waals surface area contributed by atoms with E-state index in [9.17, 15) is 18.0 Å². The molecule has 3 N–H and O–H groups in total. The molecule has 0 aliphatic carbocycles. The topological polar surface area (TPSA) is 94.5 Å². The molecule has 1 heterocycles. The van der Waals surface area contributed by atoms with Crippen molar-refractivity contribution in [2.24, 2.45) is 10.9 Å². The zero-order valence-electron chi connectivity index (χ0n) is 11.9. The quantitative estimate of drug-likeness (QED) is 0.378. The van der Waals surface area contributed by atoms with Crippen molar-refractivity contribution in [3.8, 4) is 0 Å². The average Bonchev–Trinajstić information content (AvgIpc) is 2.96. The van der Waals surface area contributed by atoms with Crippen LogP contribution in [-0.4, -0.2) is 21.7 Å². The Hall–Kier alpha value is -2.75. The molecule has 1 aromatic heterocycles. The van der Waals surface area contributed by atoms with Crippen LogP contribution in [0.3, 0.4) is 0 Å². The van der Waals surface area contributed by atoms with Gasteiger partial charge in [0, 0.05) is 16.9 Å². The van der Waals surface area contributed by atoms with Crippen molar-refractivity contribution < 1.29 is 22.8 Å². The Morgan fingerprint density at radius 3 is 2.58 bits per heavy atom. The molecule has 0 spiro atoms. The molecule has 7 nitrogen and oxygen atoms in total. The number of hydrogen-bond donors (Lipinski definition) is 2. The average molecular weight is 362 g/mol. The van der Waals surface area contributed by atoms with E-state index in [1.54, 1.807) is 24.3 Å². The van der Waals surface area contributed by atoms with E-state index in [0.717, 1.165) is 16.9 Å². The van der Waals surface area contributed by atoms with Crippen molar-refractivity contribution >= 4 is 29.2 Å². The molecule has 0 aliphatic rings. The molecule has 1 amide bonds. The fourth-order valence-electron chi connectivity index (χ4n) is 1.57. The van der Waals surface area contributed by atoms with E-state index in [2.05, 4.69) is 20.4 Å². The number of amides is 1. The lowest BCUT2D eigenvalue weighted by Gasteiger charge is -2.04.